The molecule has 0 nitrogen and oxygen atoms in total. The van der Waals surface area contributed by atoms with Crippen molar-refractivity contribution in [2.24, 2.45) is 0 Å². The van der Waals surface area contributed by atoms with Crippen molar-refractivity contribution in [2.75, 3.05) is 17.3 Å². The van der Waals surface area contributed by atoms with Crippen molar-refractivity contribution in [3.05, 3.63) is 0 Å². The van der Waals surface area contributed by atoms with E-state index in [1.807, 2.05) is 0 Å². The average Bonchev–Trinajstić information content (AvgIpc) is 1.90. The van der Waals surface area contributed by atoms with Crippen LogP contribution < -0.4 is 0 Å². The van der Waals surface area contributed by atoms with Crippen LogP contribution in [-0.2, 0) is 0 Å². The zero-order valence-electron chi connectivity index (χ0n) is 6.85. The van der Waals surface area contributed by atoms with Crippen LogP contribution in [0, 0.1) is 0 Å². The van der Waals surface area contributed by atoms with Crippen LogP contribution in [0.3, 0.4) is 0 Å². The first-order valence-electron chi connectivity index (χ1n) is 3.60. The summed E-state index contributed by atoms with van der Waals surface area (Å²) in [5.41, 5.74) is 0. The molecular formula is C6H15S3Si. The molecule has 0 heterocycles. The maximum absolute atomic E-state index is 2.25. The van der Waals surface area contributed by atoms with Crippen LogP contribution in [0.2, 0.25) is 0 Å². The zero-order valence-corrected chi connectivity index (χ0v) is 10.3. The molecule has 0 aliphatic rings. The van der Waals surface area contributed by atoms with Gasteiger partial charge in [0.1, 0.15) is 0 Å². The van der Waals surface area contributed by atoms with Crippen LogP contribution >= 0.6 is 33.6 Å². The van der Waals surface area contributed by atoms with E-state index in [0.717, 1.165) is 0 Å². The van der Waals surface area contributed by atoms with Gasteiger partial charge in [0.15, 0.2) is 0 Å². The van der Waals surface area contributed by atoms with Gasteiger partial charge in [0.2, 0.25) is 0 Å². The second kappa shape index (κ2) is 8.36. The van der Waals surface area contributed by atoms with E-state index >= 15 is 0 Å². The number of hydrogen-bond donors (Lipinski definition) is 0. The minimum atomic E-state index is -0.147. The fraction of sp³-hybridized carbons (Fsp3) is 1.00. The summed E-state index contributed by atoms with van der Waals surface area (Å²) in [6.45, 7) is 6.76. The van der Waals surface area contributed by atoms with E-state index in [-0.39, 0.29) is 6.25 Å². The first-order valence-corrected chi connectivity index (χ1v) is 10.2. The fourth-order valence-electron chi connectivity index (χ4n) is 0.479. The predicted molar refractivity (Wildman–Crippen MR) is 60.2 cm³/mol. The lowest BCUT2D eigenvalue weighted by molar-refractivity contribution is 1.53. The van der Waals surface area contributed by atoms with Crippen LogP contribution in [0.25, 0.3) is 0 Å². The summed E-state index contributed by atoms with van der Waals surface area (Å²) in [4.78, 5) is 0. The number of rotatable bonds is 6. The lowest BCUT2D eigenvalue weighted by Gasteiger charge is -2.08. The molecule has 0 aromatic rings. The Hall–Kier alpha value is 1.27. The molecule has 0 fully saturated rings. The molecule has 0 saturated heterocycles. The largest absolute Gasteiger partial charge is 0.260 e. The average molecular weight is 211 g/mol. The highest BCUT2D eigenvalue weighted by Crippen LogP contribution is 2.28. The van der Waals surface area contributed by atoms with Gasteiger partial charge in [-0.1, -0.05) is 20.8 Å². The quantitative estimate of drug-likeness (QED) is 0.619. The lowest BCUT2D eigenvalue weighted by Crippen LogP contribution is -1.98. The van der Waals surface area contributed by atoms with E-state index in [9.17, 15) is 0 Å². The minimum Gasteiger partial charge on any atom is -0.163 e. The third-order valence-corrected chi connectivity index (χ3v) is 13.4. The van der Waals surface area contributed by atoms with Crippen LogP contribution in [0.5, 0.6) is 0 Å². The van der Waals surface area contributed by atoms with Gasteiger partial charge in [-0.2, -0.15) is 33.6 Å². The van der Waals surface area contributed by atoms with E-state index in [4.69, 9.17) is 0 Å². The van der Waals surface area contributed by atoms with Crippen molar-refractivity contribution in [1.29, 1.82) is 0 Å². The Morgan fingerprint density at radius 2 is 1.10 bits per heavy atom. The van der Waals surface area contributed by atoms with E-state index in [0.29, 0.717) is 0 Å². The summed E-state index contributed by atoms with van der Waals surface area (Å²) in [5, 5.41) is 0. The molecule has 0 atom stereocenters. The molecule has 0 unspecified atom stereocenters. The topological polar surface area (TPSA) is 0 Å². The summed E-state index contributed by atoms with van der Waals surface area (Å²) in [5.74, 6) is 3.86. The van der Waals surface area contributed by atoms with Crippen LogP contribution in [0.4, 0.5) is 0 Å². The van der Waals surface area contributed by atoms with Gasteiger partial charge in [-0.3, -0.25) is 0 Å². The Morgan fingerprint density at radius 1 is 0.800 bits per heavy atom. The van der Waals surface area contributed by atoms with Gasteiger partial charge in [-0.15, -0.1) is 0 Å². The monoisotopic (exact) mass is 211 g/mol. The normalized spacial score (nSPS) is 10.8. The zero-order chi connectivity index (χ0) is 7.82. The maximum atomic E-state index is 2.25. The summed E-state index contributed by atoms with van der Waals surface area (Å²) in [7, 11) is 0. The predicted octanol–water partition coefficient (Wildman–Crippen LogP) is 3.23. The van der Waals surface area contributed by atoms with Crippen LogP contribution in [0.1, 0.15) is 20.8 Å². The van der Waals surface area contributed by atoms with Gasteiger partial charge in [0.05, 0.1) is 0 Å². The van der Waals surface area contributed by atoms with Gasteiger partial charge in [0.25, 0.3) is 6.25 Å². The van der Waals surface area contributed by atoms with Gasteiger partial charge >= 0.3 is 0 Å². The molecule has 0 bridgehead atoms. The molecule has 0 aliphatic carbocycles. The standard InChI is InChI=1S/C6H15S3Si/c1-4-7-10(8-5-2)9-6-3/h4-6H2,1-3H3. The second-order valence-corrected chi connectivity index (χ2v) is 13.2. The van der Waals surface area contributed by atoms with Gasteiger partial charge in [-0.25, -0.2) is 0 Å². The minimum absolute atomic E-state index is 0.147. The SMILES string of the molecule is CCS[Si](SCC)SCC. The molecule has 10 heavy (non-hydrogen) atoms. The van der Waals surface area contributed by atoms with Gasteiger partial charge in [0, 0.05) is 0 Å². The van der Waals surface area contributed by atoms with Gasteiger partial charge < -0.3 is 0 Å². The molecule has 0 aromatic carbocycles. The molecule has 0 amide bonds. The Bertz CT molecular complexity index is 55.7. The molecule has 0 spiro atoms. The third-order valence-electron chi connectivity index (χ3n) is 0.787. The van der Waals surface area contributed by atoms with Crippen LogP contribution in [0.15, 0.2) is 0 Å². The summed E-state index contributed by atoms with van der Waals surface area (Å²) in [6, 6.07) is 0. The van der Waals surface area contributed by atoms with Crippen LogP contribution in [-0.4, -0.2) is 23.5 Å². The molecule has 0 aliphatic heterocycles. The lowest BCUT2D eigenvalue weighted by atomic mass is 11.0. The maximum Gasteiger partial charge on any atom is 0.260 e. The summed E-state index contributed by atoms with van der Waals surface area (Å²) in [6.07, 6.45) is -0.147. The van der Waals surface area contributed by atoms with Crippen molar-refractivity contribution in [3.8, 4) is 0 Å². The third kappa shape index (κ3) is 6.01. The molecule has 0 rings (SSSR count). The highest BCUT2D eigenvalue weighted by atomic mass is 32.8. The Morgan fingerprint density at radius 3 is 1.30 bits per heavy atom. The first-order chi connectivity index (χ1) is 4.85. The van der Waals surface area contributed by atoms with Crippen molar-refractivity contribution in [1.82, 2.24) is 0 Å². The van der Waals surface area contributed by atoms with Gasteiger partial charge in [-0.05, 0) is 17.3 Å². The second-order valence-electron chi connectivity index (χ2n) is 1.55. The molecule has 4 heteroatoms. The molecule has 1 radical (unpaired) electrons. The van der Waals surface area contributed by atoms with E-state index in [2.05, 4.69) is 54.4 Å². The molecule has 0 aromatic heterocycles. The number of hydrogen-bond acceptors (Lipinski definition) is 3. The Kier molecular flexibility index (Phi) is 9.42. The highest BCUT2D eigenvalue weighted by Gasteiger charge is 2.09. The summed E-state index contributed by atoms with van der Waals surface area (Å²) < 4.78 is 0. The van der Waals surface area contributed by atoms with E-state index < -0.39 is 0 Å². The van der Waals surface area contributed by atoms with Crippen molar-refractivity contribution >= 4 is 39.9 Å². The highest BCUT2D eigenvalue weighted by molar-refractivity contribution is 8.76. The Labute approximate surface area is 77.8 Å². The smallest absolute Gasteiger partial charge is 0.163 e. The molecular weight excluding hydrogens is 196 g/mol. The molecule has 0 N–H and O–H groups in total. The molecule has 0 saturated carbocycles. The molecule has 61 valence electrons. The summed E-state index contributed by atoms with van der Waals surface area (Å²) >= 11 is 6.46. The van der Waals surface area contributed by atoms with Crippen molar-refractivity contribution < 1.29 is 0 Å². The first kappa shape index (κ1) is 11.3. The van der Waals surface area contributed by atoms with Crippen molar-refractivity contribution in [2.45, 2.75) is 20.8 Å². The fourth-order valence-corrected chi connectivity index (χ4v) is 12.9. The Balaban J connectivity index is 3.30. The van der Waals surface area contributed by atoms with Crippen molar-refractivity contribution in [3.63, 3.8) is 0 Å². The van der Waals surface area contributed by atoms with E-state index in [1.54, 1.807) is 0 Å². The van der Waals surface area contributed by atoms with E-state index in [1.165, 1.54) is 17.3 Å².